The number of nitrogens with one attached hydrogen (secondary N) is 1. The number of rotatable bonds is 4. The molecule has 1 heterocycles. The summed E-state index contributed by atoms with van der Waals surface area (Å²) in [6.45, 7) is 2.02. The van der Waals surface area contributed by atoms with Gasteiger partial charge in [0.05, 0.1) is 7.11 Å². The summed E-state index contributed by atoms with van der Waals surface area (Å²) in [5.41, 5.74) is 3.83. The summed E-state index contributed by atoms with van der Waals surface area (Å²) in [5.74, 6) is 1.88. The highest BCUT2D eigenvalue weighted by molar-refractivity contribution is 7.98. The lowest BCUT2D eigenvalue weighted by atomic mass is 10.0. The maximum Gasteiger partial charge on any atom is 0.189 e. The van der Waals surface area contributed by atoms with E-state index in [1.165, 1.54) is 17.5 Å². The van der Waals surface area contributed by atoms with Crippen LogP contribution in [0.5, 0.6) is 5.75 Å². The normalized spacial score (nSPS) is 17.3. The Labute approximate surface area is 142 Å². The predicted molar refractivity (Wildman–Crippen MR) is 95.6 cm³/mol. The van der Waals surface area contributed by atoms with E-state index >= 15 is 0 Å². The fourth-order valence-electron chi connectivity index (χ4n) is 3.11. The molecule has 1 aromatic carbocycles. The molecule has 1 atom stereocenters. The van der Waals surface area contributed by atoms with E-state index in [1.807, 2.05) is 19.2 Å². The van der Waals surface area contributed by atoms with Crippen molar-refractivity contribution in [1.82, 2.24) is 9.97 Å². The Morgan fingerprint density at radius 1 is 1.22 bits per heavy atom. The van der Waals surface area contributed by atoms with E-state index in [2.05, 4.69) is 33.5 Å². The van der Waals surface area contributed by atoms with Gasteiger partial charge in [-0.15, -0.1) is 0 Å². The van der Waals surface area contributed by atoms with E-state index in [0.717, 1.165) is 41.7 Å². The zero-order valence-corrected chi connectivity index (χ0v) is 14.7. The lowest BCUT2D eigenvalue weighted by Crippen LogP contribution is -2.22. The second-order valence-electron chi connectivity index (χ2n) is 5.95. The van der Waals surface area contributed by atoms with Crippen molar-refractivity contribution in [3.05, 3.63) is 41.1 Å². The van der Waals surface area contributed by atoms with Crippen molar-refractivity contribution in [2.24, 2.45) is 0 Å². The van der Waals surface area contributed by atoms with Gasteiger partial charge in [0, 0.05) is 17.8 Å². The Morgan fingerprint density at radius 2 is 2.09 bits per heavy atom. The molecule has 23 heavy (non-hydrogen) atoms. The number of thioether (sulfide) groups is 1. The highest BCUT2D eigenvalue weighted by atomic mass is 32.2. The van der Waals surface area contributed by atoms with E-state index in [4.69, 9.17) is 4.74 Å². The molecule has 0 bridgehead atoms. The summed E-state index contributed by atoms with van der Waals surface area (Å²) in [6.07, 6.45) is 6.47. The van der Waals surface area contributed by atoms with E-state index in [1.54, 1.807) is 18.9 Å². The van der Waals surface area contributed by atoms with Gasteiger partial charge < -0.3 is 10.1 Å². The molecule has 1 aliphatic rings. The Balaban J connectivity index is 1.77. The van der Waals surface area contributed by atoms with Crippen LogP contribution in [-0.4, -0.2) is 29.4 Å². The Morgan fingerprint density at radius 3 is 2.87 bits per heavy atom. The first kappa shape index (κ1) is 16.1. The van der Waals surface area contributed by atoms with Crippen molar-refractivity contribution in [3.8, 4) is 5.75 Å². The second-order valence-corrected chi connectivity index (χ2v) is 6.73. The smallest absolute Gasteiger partial charge is 0.189 e. The minimum absolute atomic E-state index is 0.411. The Bertz CT molecular complexity index is 690. The van der Waals surface area contributed by atoms with Gasteiger partial charge in [-0.3, -0.25) is 0 Å². The molecule has 0 radical (unpaired) electrons. The van der Waals surface area contributed by atoms with Crippen molar-refractivity contribution >= 4 is 17.6 Å². The number of hydrogen-bond donors (Lipinski definition) is 1. The monoisotopic (exact) mass is 329 g/mol. The van der Waals surface area contributed by atoms with Crippen LogP contribution in [0.15, 0.2) is 29.4 Å². The molecule has 5 heteroatoms. The van der Waals surface area contributed by atoms with Crippen LogP contribution < -0.4 is 10.1 Å². The van der Waals surface area contributed by atoms with Crippen molar-refractivity contribution < 1.29 is 4.74 Å². The van der Waals surface area contributed by atoms with Crippen molar-refractivity contribution in [1.29, 1.82) is 0 Å². The molecule has 0 amide bonds. The van der Waals surface area contributed by atoms with Crippen LogP contribution in [0.4, 0.5) is 5.82 Å². The van der Waals surface area contributed by atoms with Crippen LogP contribution in [0, 0.1) is 6.92 Å². The van der Waals surface area contributed by atoms with Crippen molar-refractivity contribution in [2.45, 2.75) is 43.8 Å². The quantitative estimate of drug-likeness (QED) is 0.524. The lowest BCUT2D eigenvalue weighted by Gasteiger charge is -2.18. The second kappa shape index (κ2) is 7.21. The van der Waals surface area contributed by atoms with Gasteiger partial charge in [0.1, 0.15) is 11.6 Å². The standard InChI is InChI=1S/C18H23N3OS/c1-12-9-17(21-18(19-12)23-3)20-15-6-4-5-13-11-16(22-2)8-7-14(13)10-15/h7-9,11,15H,4-6,10H2,1-3H3,(H,19,20,21). The summed E-state index contributed by atoms with van der Waals surface area (Å²) < 4.78 is 5.35. The van der Waals surface area contributed by atoms with Crippen LogP contribution in [-0.2, 0) is 12.8 Å². The van der Waals surface area contributed by atoms with Gasteiger partial charge in [0.25, 0.3) is 0 Å². The molecule has 0 saturated heterocycles. The van der Waals surface area contributed by atoms with Gasteiger partial charge in [-0.1, -0.05) is 17.8 Å². The zero-order valence-electron chi connectivity index (χ0n) is 13.9. The molecule has 4 nitrogen and oxygen atoms in total. The van der Waals surface area contributed by atoms with Gasteiger partial charge >= 0.3 is 0 Å². The first-order valence-corrected chi connectivity index (χ1v) is 9.22. The third-order valence-electron chi connectivity index (χ3n) is 4.25. The molecule has 1 unspecified atom stereocenters. The number of nitrogens with zero attached hydrogens (tertiary/aromatic N) is 2. The van der Waals surface area contributed by atoms with Gasteiger partial charge in [0.15, 0.2) is 5.16 Å². The maximum atomic E-state index is 5.35. The third kappa shape index (κ3) is 3.96. The molecule has 3 rings (SSSR count). The predicted octanol–water partition coefficient (Wildman–Crippen LogP) is 3.88. The number of benzene rings is 1. The summed E-state index contributed by atoms with van der Waals surface area (Å²) in [7, 11) is 1.73. The number of methoxy groups -OCH3 is 1. The molecule has 122 valence electrons. The molecule has 1 aliphatic carbocycles. The minimum atomic E-state index is 0.411. The number of hydrogen-bond acceptors (Lipinski definition) is 5. The molecule has 1 N–H and O–H groups in total. The van der Waals surface area contributed by atoms with Crippen LogP contribution in [0.1, 0.15) is 29.7 Å². The largest absolute Gasteiger partial charge is 0.497 e. The number of anilines is 1. The molecule has 0 spiro atoms. The molecular weight excluding hydrogens is 306 g/mol. The number of aryl methyl sites for hydroxylation is 2. The summed E-state index contributed by atoms with van der Waals surface area (Å²) in [4.78, 5) is 9.00. The van der Waals surface area contributed by atoms with Crippen molar-refractivity contribution in [3.63, 3.8) is 0 Å². The van der Waals surface area contributed by atoms with E-state index < -0.39 is 0 Å². The highest BCUT2D eigenvalue weighted by Crippen LogP contribution is 2.26. The van der Waals surface area contributed by atoms with E-state index in [-0.39, 0.29) is 0 Å². The first-order chi connectivity index (χ1) is 11.2. The molecule has 1 aromatic heterocycles. The number of fused-ring (bicyclic) bond motifs is 1. The summed E-state index contributed by atoms with van der Waals surface area (Å²) in [5, 5.41) is 4.44. The van der Waals surface area contributed by atoms with Crippen LogP contribution >= 0.6 is 11.8 Å². The average Bonchev–Trinajstić information content (AvgIpc) is 2.75. The van der Waals surface area contributed by atoms with Crippen molar-refractivity contribution in [2.75, 3.05) is 18.7 Å². The third-order valence-corrected chi connectivity index (χ3v) is 4.79. The Kier molecular flexibility index (Phi) is 5.06. The molecule has 0 saturated carbocycles. The van der Waals surface area contributed by atoms with Crippen LogP contribution in [0.3, 0.4) is 0 Å². The SMILES string of the molecule is COc1ccc2c(c1)CCCC(Nc1cc(C)nc(SC)n1)C2. The fourth-order valence-corrected chi connectivity index (χ4v) is 3.53. The van der Waals surface area contributed by atoms with Gasteiger partial charge in [-0.25, -0.2) is 9.97 Å². The fraction of sp³-hybridized carbons (Fsp3) is 0.444. The van der Waals surface area contributed by atoms with Gasteiger partial charge in [-0.2, -0.15) is 0 Å². The Hall–Kier alpha value is -1.75. The van der Waals surface area contributed by atoms with Crippen LogP contribution in [0.25, 0.3) is 0 Å². The van der Waals surface area contributed by atoms with Gasteiger partial charge in [0.2, 0.25) is 0 Å². The molecular formula is C18H23N3OS. The number of ether oxygens (including phenoxy) is 1. The van der Waals surface area contributed by atoms with E-state index in [9.17, 15) is 0 Å². The summed E-state index contributed by atoms with van der Waals surface area (Å²) >= 11 is 1.58. The topological polar surface area (TPSA) is 47.0 Å². The van der Waals surface area contributed by atoms with E-state index in [0.29, 0.717) is 6.04 Å². The van der Waals surface area contributed by atoms with Crippen LogP contribution in [0.2, 0.25) is 0 Å². The minimum Gasteiger partial charge on any atom is -0.497 e. The molecule has 0 fully saturated rings. The molecule has 2 aromatic rings. The lowest BCUT2D eigenvalue weighted by molar-refractivity contribution is 0.414. The average molecular weight is 329 g/mol. The highest BCUT2D eigenvalue weighted by Gasteiger charge is 2.18. The van der Waals surface area contributed by atoms with Gasteiger partial charge in [-0.05, 0) is 62.1 Å². The maximum absolute atomic E-state index is 5.35. The summed E-state index contributed by atoms with van der Waals surface area (Å²) in [6, 6.07) is 8.88. The number of aromatic nitrogens is 2. The zero-order chi connectivity index (χ0) is 16.2. The first-order valence-electron chi connectivity index (χ1n) is 8.00. The molecule has 0 aliphatic heterocycles.